The molecule has 1 rings (SSSR count). The quantitative estimate of drug-likeness (QED) is 0.786. The number of hydrogen-bond acceptors (Lipinski definition) is 3. The van der Waals surface area contributed by atoms with Gasteiger partial charge in [-0.05, 0) is 32.9 Å². The molecule has 1 aliphatic heterocycles. The van der Waals surface area contributed by atoms with Crippen molar-refractivity contribution in [2.24, 2.45) is 5.92 Å². The predicted molar refractivity (Wildman–Crippen MR) is 64.7 cm³/mol. The molecule has 1 aliphatic rings. The second-order valence-electron chi connectivity index (χ2n) is 5.04. The van der Waals surface area contributed by atoms with Gasteiger partial charge in [0.25, 0.3) is 0 Å². The summed E-state index contributed by atoms with van der Waals surface area (Å²) in [6.45, 7) is 3.15. The maximum Gasteiger partial charge on any atom is 0.326 e. The average Bonchev–Trinajstić information content (AvgIpc) is 2.24. The van der Waals surface area contributed by atoms with Crippen LogP contribution in [0, 0.1) is 5.92 Å². The first-order chi connectivity index (χ1) is 7.93. The highest BCUT2D eigenvalue weighted by Crippen LogP contribution is 2.24. The molecule has 0 radical (unpaired) electrons. The van der Waals surface area contributed by atoms with E-state index in [9.17, 15) is 14.7 Å². The second kappa shape index (κ2) is 6.00. The first-order valence-corrected chi connectivity index (χ1v) is 6.10. The van der Waals surface area contributed by atoms with Gasteiger partial charge in [0, 0.05) is 19.5 Å². The van der Waals surface area contributed by atoms with Crippen molar-refractivity contribution in [2.45, 2.75) is 32.2 Å². The fourth-order valence-electron chi connectivity index (χ4n) is 2.31. The number of amides is 1. The minimum atomic E-state index is -0.879. The third-order valence-electron chi connectivity index (χ3n) is 3.28. The number of carboxylic acid groups (broad SMARTS) is 1. The molecule has 1 amide bonds. The maximum atomic E-state index is 12.0. The lowest BCUT2D eigenvalue weighted by molar-refractivity contribution is -0.154. The molecule has 0 aromatic rings. The SMILES string of the molecule is CC1CCCN(C(=O)CCN(C)C)C1C(=O)O. The predicted octanol–water partition coefficient (Wildman–Crippen LogP) is 0.650. The molecule has 0 aliphatic carbocycles. The Morgan fingerprint density at radius 2 is 2.06 bits per heavy atom. The Bertz CT molecular complexity index is 291. The maximum absolute atomic E-state index is 12.0. The van der Waals surface area contributed by atoms with Gasteiger partial charge in [-0.25, -0.2) is 4.79 Å². The van der Waals surface area contributed by atoms with E-state index in [-0.39, 0.29) is 11.8 Å². The second-order valence-corrected chi connectivity index (χ2v) is 5.04. The van der Waals surface area contributed by atoms with Crippen LogP contribution in [0.1, 0.15) is 26.2 Å². The van der Waals surface area contributed by atoms with Gasteiger partial charge in [-0.2, -0.15) is 0 Å². The largest absolute Gasteiger partial charge is 0.480 e. The van der Waals surface area contributed by atoms with E-state index in [1.54, 1.807) is 4.90 Å². The van der Waals surface area contributed by atoms with Crippen LogP contribution in [-0.4, -0.2) is 60.0 Å². The molecule has 0 spiro atoms. The lowest BCUT2D eigenvalue weighted by Crippen LogP contribution is -2.52. The van der Waals surface area contributed by atoms with Crippen molar-refractivity contribution in [2.75, 3.05) is 27.2 Å². The van der Waals surface area contributed by atoms with Crippen LogP contribution < -0.4 is 0 Å². The molecule has 5 heteroatoms. The first-order valence-electron chi connectivity index (χ1n) is 6.10. The third kappa shape index (κ3) is 3.70. The molecule has 2 atom stereocenters. The van der Waals surface area contributed by atoms with Crippen LogP contribution in [0.5, 0.6) is 0 Å². The van der Waals surface area contributed by atoms with E-state index in [0.29, 0.717) is 19.5 Å². The monoisotopic (exact) mass is 242 g/mol. The summed E-state index contributed by atoms with van der Waals surface area (Å²) < 4.78 is 0. The number of carbonyl (C=O) groups excluding carboxylic acids is 1. The van der Waals surface area contributed by atoms with Crippen molar-refractivity contribution < 1.29 is 14.7 Å². The van der Waals surface area contributed by atoms with Crippen LogP contribution in [0.3, 0.4) is 0 Å². The summed E-state index contributed by atoms with van der Waals surface area (Å²) >= 11 is 0. The average molecular weight is 242 g/mol. The summed E-state index contributed by atoms with van der Waals surface area (Å²) in [7, 11) is 3.81. The Morgan fingerprint density at radius 3 is 2.59 bits per heavy atom. The van der Waals surface area contributed by atoms with Gasteiger partial charge in [0.15, 0.2) is 0 Å². The van der Waals surface area contributed by atoms with Crippen LogP contribution >= 0.6 is 0 Å². The van der Waals surface area contributed by atoms with Gasteiger partial charge in [-0.1, -0.05) is 6.92 Å². The van der Waals surface area contributed by atoms with Gasteiger partial charge >= 0.3 is 5.97 Å². The van der Waals surface area contributed by atoms with E-state index >= 15 is 0 Å². The fourth-order valence-corrected chi connectivity index (χ4v) is 2.31. The molecule has 0 bridgehead atoms. The van der Waals surface area contributed by atoms with Crippen LogP contribution in [0.25, 0.3) is 0 Å². The zero-order valence-electron chi connectivity index (χ0n) is 10.8. The van der Waals surface area contributed by atoms with Gasteiger partial charge in [0.05, 0.1) is 0 Å². The van der Waals surface area contributed by atoms with Crippen LogP contribution in [0.4, 0.5) is 0 Å². The molecule has 0 aromatic carbocycles. The number of nitrogens with zero attached hydrogens (tertiary/aromatic N) is 2. The number of likely N-dealkylation sites (tertiary alicyclic amines) is 1. The van der Waals surface area contributed by atoms with Crippen molar-refractivity contribution >= 4 is 11.9 Å². The van der Waals surface area contributed by atoms with Crippen LogP contribution in [-0.2, 0) is 9.59 Å². The number of hydrogen-bond donors (Lipinski definition) is 1. The summed E-state index contributed by atoms with van der Waals surface area (Å²) in [5, 5.41) is 9.20. The van der Waals surface area contributed by atoms with Crippen molar-refractivity contribution in [1.29, 1.82) is 0 Å². The standard InChI is InChI=1S/C12H22N2O3/c1-9-5-4-7-14(11(9)12(16)17)10(15)6-8-13(2)3/h9,11H,4-8H2,1-3H3,(H,16,17). The topological polar surface area (TPSA) is 60.9 Å². The van der Waals surface area contributed by atoms with Crippen molar-refractivity contribution in [1.82, 2.24) is 9.80 Å². The lowest BCUT2D eigenvalue weighted by Gasteiger charge is -2.37. The molecule has 0 aromatic heterocycles. The molecule has 0 saturated carbocycles. The number of piperidine rings is 1. The van der Waals surface area contributed by atoms with E-state index in [1.165, 1.54) is 0 Å². The minimum Gasteiger partial charge on any atom is -0.480 e. The van der Waals surface area contributed by atoms with E-state index in [1.807, 2.05) is 25.9 Å². The zero-order chi connectivity index (χ0) is 13.0. The molecule has 1 heterocycles. The summed E-state index contributed by atoms with van der Waals surface area (Å²) in [6, 6.07) is -0.640. The molecular weight excluding hydrogens is 220 g/mol. The normalized spacial score (nSPS) is 25.1. The zero-order valence-corrected chi connectivity index (χ0v) is 10.8. The molecule has 1 fully saturated rings. The molecule has 98 valence electrons. The van der Waals surface area contributed by atoms with Gasteiger partial charge in [-0.15, -0.1) is 0 Å². The molecule has 2 unspecified atom stereocenters. The fraction of sp³-hybridized carbons (Fsp3) is 0.833. The highest BCUT2D eigenvalue weighted by atomic mass is 16.4. The molecule has 5 nitrogen and oxygen atoms in total. The summed E-state index contributed by atoms with van der Waals surface area (Å²) in [5.74, 6) is -0.877. The third-order valence-corrected chi connectivity index (χ3v) is 3.28. The van der Waals surface area contributed by atoms with Crippen molar-refractivity contribution in [3.8, 4) is 0 Å². The van der Waals surface area contributed by atoms with Crippen molar-refractivity contribution in [3.63, 3.8) is 0 Å². The number of aliphatic carboxylic acids is 1. The van der Waals surface area contributed by atoms with E-state index in [0.717, 1.165) is 12.8 Å². The Hall–Kier alpha value is -1.10. The van der Waals surface area contributed by atoms with E-state index in [2.05, 4.69) is 0 Å². The first kappa shape index (κ1) is 14.0. The minimum absolute atomic E-state index is 0.0438. The number of carbonyl (C=O) groups is 2. The van der Waals surface area contributed by atoms with E-state index < -0.39 is 12.0 Å². The smallest absolute Gasteiger partial charge is 0.326 e. The molecule has 17 heavy (non-hydrogen) atoms. The van der Waals surface area contributed by atoms with Gasteiger partial charge < -0.3 is 14.9 Å². The van der Waals surface area contributed by atoms with Gasteiger partial charge in [0.1, 0.15) is 6.04 Å². The summed E-state index contributed by atoms with van der Waals surface area (Å²) in [5.41, 5.74) is 0. The summed E-state index contributed by atoms with van der Waals surface area (Å²) in [4.78, 5) is 26.7. The number of carboxylic acids is 1. The lowest BCUT2D eigenvalue weighted by atomic mass is 9.90. The Kier molecular flexibility index (Phi) is 4.93. The highest BCUT2D eigenvalue weighted by Gasteiger charge is 2.36. The van der Waals surface area contributed by atoms with Gasteiger partial charge in [0.2, 0.25) is 5.91 Å². The Labute approximate surface area is 102 Å². The highest BCUT2D eigenvalue weighted by molar-refractivity contribution is 5.84. The molecule has 1 N–H and O–H groups in total. The summed E-state index contributed by atoms with van der Waals surface area (Å²) in [6.07, 6.45) is 2.18. The molecular formula is C12H22N2O3. The van der Waals surface area contributed by atoms with Gasteiger partial charge in [-0.3, -0.25) is 4.79 Å². The number of rotatable bonds is 4. The Morgan fingerprint density at radius 1 is 1.41 bits per heavy atom. The van der Waals surface area contributed by atoms with E-state index in [4.69, 9.17) is 0 Å². The van der Waals surface area contributed by atoms with Crippen molar-refractivity contribution in [3.05, 3.63) is 0 Å². The van der Waals surface area contributed by atoms with Crippen LogP contribution in [0.2, 0.25) is 0 Å². The Balaban J connectivity index is 2.65. The molecule has 1 saturated heterocycles. The van der Waals surface area contributed by atoms with Crippen LogP contribution in [0.15, 0.2) is 0 Å².